The number of nitrogens with one attached hydrogen (secondary N) is 1. The Balaban J connectivity index is 1.81. The third kappa shape index (κ3) is 3.81. The summed E-state index contributed by atoms with van der Waals surface area (Å²) >= 11 is 11.7. The van der Waals surface area contributed by atoms with Gasteiger partial charge in [-0.05, 0) is 30.3 Å². The molecule has 1 aromatic heterocycles. The summed E-state index contributed by atoms with van der Waals surface area (Å²) in [6.45, 7) is 0. The molecule has 3 aromatic rings. The van der Waals surface area contributed by atoms with Crippen molar-refractivity contribution in [3.8, 4) is 11.3 Å². The first kappa shape index (κ1) is 17.0. The van der Waals surface area contributed by atoms with E-state index in [1.807, 2.05) is 0 Å². The number of nitrogens with zero attached hydrogens (tertiary/aromatic N) is 1. The highest BCUT2D eigenvalue weighted by Gasteiger charge is 2.15. The smallest absolute Gasteiger partial charge is 0.291 e. The molecular weight excluding hydrogens is 367 g/mol. The fraction of sp³-hybridized carbons (Fsp3) is 0. The first-order valence-electron chi connectivity index (χ1n) is 7.05. The quantitative estimate of drug-likeness (QED) is 0.486. The molecule has 6 nitrogen and oxygen atoms in total. The summed E-state index contributed by atoms with van der Waals surface area (Å²) < 4.78 is 5.50. The topological polar surface area (TPSA) is 85.4 Å². The van der Waals surface area contributed by atoms with Crippen LogP contribution in [0.3, 0.4) is 0 Å². The number of hydrogen-bond acceptors (Lipinski definition) is 4. The lowest BCUT2D eigenvalue weighted by Gasteiger charge is -2.04. The number of anilines is 1. The van der Waals surface area contributed by atoms with Gasteiger partial charge in [0.2, 0.25) is 0 Å². The molecule has 1 N–H and O–H groups in total. The molecule has 8 heteroatoms. The Labute approximate surface area is 152 Å². The highest BCUT2D eigenvalue weighted by Crippen LogP contribution is 2.27. The minimum atomic E-state index is -0.496. The second kappa shape index (κ2) is 6.96. The van der Waals surface area contributed by atoms with Gasteiger partial charge in [0, 0.05) is 23.4 Å². The van der Waals surface area contributed by atoms with Crippen LogP contribution >= 0.6 is 23.2 Å². The van der Waals surface area contributed by atoms with E-state index in [0.717, 1.165) is 0 Å². The average Bonchev–Trinajstić information content (AvgIpc) is 3.08. The normalized spacial score (nSPS) is 10.5. The van der Waals surface area contributed by atoms with E-state index in [0.29, 0.717) is 27.1 Å². The van der Waals surface area contributed by atoms with Crippen LogP contribution in [0.25, 0.3) is 11.3 Å². The molecule has 25 heavy (non-hydrogen) atoms. The molecule has 1 amide bonds. The minimum absolute atomic E-state index is 0.0595. The highest BCUT2D eigenvalue weighted by atomic mass is 35.5. The number of hydrogen-bond donors (Lipinski definition) is 1. The van der Waals surface area contributed by atoms with Gasteiger partial charge < -0.3 is 9.73 Å². The number of furan rings is 1. The Bertz CT molecular complexity index is 969. The third-order valence-corrected chi connectivity index (χ3v) is 4.09. The number of non-ortho nitro benzene ring substituents is 1. The van der Waals surface area contributed by atoms with Gasteiger partial charge in [0.1, 0.15) is 5.76 Å². The van der Waals surface area contributed by atoms with Crippen LogP contribution in [-0.2, 0) is 0 Å². The summed E-state index contributed by atoms with van der Waals surface area (Å²) in [5, 5.41) is 14.2. The second-order valence-corrected chi connectivity index (χ2v) is 5.87. The maximum Gasteiger partial charge on any atom is 0.291 e. The van der Waals surface area contributed by atoms with Gasteiger partial charge >= 0.3 is 0 Å². The van der Waals surface area contributed by atoms with E-state index < -0.39 is 10.8 Å². The van der Waals surface area contributed by atoms with Crippen molar-refractivity contribution < 1.29 is 14.1 Å². The Hall–Kier alpha value is -2.83. The van der Waals surface area contributed by atoms with Gasteiger partial charge in [-0.15, -0.1) is 0 Å². The van der Waals surface area contributed by atoms with Crippen LogP contribution in [-0.4, -0.2) is 10.8 Å². The van der Waals surface area contributed by atoms with Crippen molar-refractivity contribution in [2.45, 2.75) is 0 Å². The molecule has 0 aliphatic carbocycles. The predicted octanol–water partition coefficient (Wildman–Crippen LogP) is 5.41. The van der Waals surface area contributed by atoms with Crippen LogP contribution in [0.15, 0.2) is 59.0 Å². The summed E-state index contributed by atoms with van der Waals surface area (Å²) in [7, 11) is 0. The molecule has 2 aromatic carbocycles. The Morgan fingerprint density at radius 1 is 1.04 bits per heavy atom. The number of carbonyl (C=O) groups is 1. The standard InChI is InChI=1S/C17H10Cl2N2O4/c18-13-5-4-11(9-14(13)19)20-17(22)16-7-6-15(25-16)10-2-1-3-12(8-10)21(23)24/h1-9H,(H,20,22). The average molecular weight is 377 g/mol. The van der Waals surface area contributed by atoms with Gasteiger partial charge in [-0.25, -0.2) is 0 Å². The SMILES string of the molecule is O=C(Nc1ccc(Cl)c(Cl)c1)c1ccc(-c2cccc([N+](=O)[O-])c2)o1. The highest BCUT2D eigenvalue weighted by molar-refractivity contribution is 6.42. The summed E-state index contributed by atoms with van der Waals surface area (Å²) in [6, 6.07) is 13.7. The zero-order chi connectivity index (χ0) is 18.0. The van der Waals surface area contributed by atoms with Gasteiger partial charge in [0.05, 0.1) is 15.0 Å². The molecule has 0 radical (unpaired) electrons. The van der Waals surface area contributed by atoms with Gasteiger partial charge in [0.15, 0.2) is 5.76 Å². The molecule has 1 heterocycles. The lowest BCUT2D eigenvalue weighted by molar-refractivity contribution is -0.384. The number of amides is 1. The predicted molar refractivity (Wildman–Crippen MR) is 95.2 cm³/mol. The van der Waals surface area contributed by atoms with Gasteiger partial charge in [0.25, 0.3) is 11.6 Å². The summed E-state index contributed by atoms with van der Waals surface area (Å²) in [6.07, 6.45) is 0. The molecule has 0 saturated carbocycles. The zero-order valence-corrected chi connectivity index (χ0v) is 14.0. The van der Waals surface area contributed by atoms with Crippen molar-refractivity contribution in [3.05, 3.63) is 80.5 Å². The number of carbonyl (C=O) groups excluding carboxylic acids is 1. The fourth-order valence-corrected chi connectivity index (χ4v) is 2.45. The summed E-state index contributed by atoms with van der Waals surface area (Å²) in [5.74, 6) is -0.0642. The first-order valence-corrected chi connectivity index (χ1v) is 7.81. The van der Waals surface area contributed by atoms with Crippen LogP contribution in [0.5, 0.6) is 0 Å². The van der Waals surface area contributed by atoms with Gasteiger partial charge in [-0.2, -0.15) is 0 Å². The van der Waals surface area contributed by atoms with E-state index >= 15 is 0 Å². The number of nitro benzene ring substituents is 1. The van der Waals surface area contributed by atoms with E-state index in [9.17, 15) is 14.9 Å². The number of halogens is 2. The van der Waals surface area contributed by atoms with Crippen LogP contribution in [0.1, 0.15) is 10.6 Å². The van der Waals surface area contributed by atoms with Crippen molar-refractivity contribution in [2.24, 2.45) is 0 Å². The number of nitro groups is 1. The van der Waals surface area contributed by atoms with Crippen molar-refractivity contribution >= 4 is 40.5 Å². The van der Waals surface area contributed by atoms with Crippen LogP contribution in [0, 0.1) is 10.1 Å². The second-order valence-electron chi connectivity index (χ2n) is 5.05. The van der Waals surface area contributed by atoms with Crippen molar-refractivity contribution in [2.75, 3.05) is 5.32 Å². The lowest BCUT2D eigenvalue weighted by Crippen LogP contribution is -2.10. The lowest BCUT2D eigenvalue weighted by atomic mass is 10.1. The van der Waals surface area contributed by atoms with Gasteiger partial charge in [-0.1, -0.05) is 35.3 Å². The molecular formula is C17H10Cl2N2O4. The van der Waals surface area contributed by atoms with E-state index in [2.05, 4.69) is 5.32 Å². The van der Waals surface area contributed by atoms with Gasteiger partial charge in [-0.3, -0.25) is 14.9 Å². The molecule has 0 aliphatic heterocycles. The van der Waals surface area contributed by atoms with Crippen LogP contribution in [0.2, 0.25) is 10.0 Å². The van der Waals surface area contributed by atoms with E-state index in [4.69, 9.17) is 27.6 Å². The molecule has 126 valence electrons. The minimum Gasteiger partial charge on any atom is -0.451 e. The van der Waals surface area contributed by atoms with Crippen molar-refractivity contribution in [1.29, 1.82) is 0 Å². The third-order valence-electron chi connectivity index (χ3n) is 3.35. The summed E-state index contributed by atoms with van der Waals surface area (Å²) in [5.41, 5.74) is 0.909. The Morgan fingerprint density at radius 2 is 1.84 bits per heavy atom. The molecule has 0 unspecified atom stereocenters. The molecule has 0 atom stereocenters. The van der Waals surface area contributed by atoms with Crippen LogP contribution < -0.4 is 5.32 Å². The monoisotopic (exact) mass is 376 g/mol. The largest absolute Gasteiger partial charge is 0.451 e. The Kier molecular flexibility index (Phi) is 4.74. The summed E-state index contributed by atoms with van der Waals surface area (Å²) in [4.78, 5) is 22.6. The Morgan fingerprint density at radius 3 is 2.56 bits per heavy atom. The molecule has 0 spiro atoms. The zero-order valence-electron chi connectivity index (χ0n) is 12.5. The maximum atomic E-state index is 12.2. The fourth-order valence-electron chi connectivity index (χ4n) is 2.15. The van der Waals surface area contributed by atoms with Crippen LogP contribution in [0.4, 0.5) is 11.4 Å². The van der Waals surface area contributed by atoms with Crippen molar-refractivity contribution in [1.82, 2.24) is 0 Å². The molecule has 3 rings (SSSR count). The molecule has 0 bridgehead atoms. The van der Waals surface area contributed by atoms with E-state index in [1.54, 1.807) is 30.3 Å². The van der Waals surface area contributed by atoms with E-state index in [1.165, 1.54) is 24.3 Å². The number of benzene rings is 2. The molecule has 0 aliphatic rings. The first-order chi connectivity index (χ1) is 11.9. The molecule has 0 fully saturated rings. The number of rotatable bonds is 4. The van der Waals surface area contributed by atoms with E-state index in [-0.39, 0.29) is 11.4 Å². The van der Waals surface area contributed by atoms with Crippen molar-refractivity contribution in [3.63, 3.8) is 0 Å². The molecule has 0 saturated heterocycles. The maximum absolute atomic E-state index is 12.2.